The quantitative estimate of drug-likeness (QED) is 0.890. The van der Waals surface area contributed by atoms with Crippen molar-refractivity contribution >= 4 is 22.5 Å². The number of aromatic carboxylic acids is 1. The summed E-state index contributed by atoms with van der Waals surface area (Å²) in [5.74, 6) is -0.975. The fourth-order valence-corrected chi connectivity index (χ4v) is 4.26. The van der Waals surface area contributed by atoms with Crippen LogP contribution in [0.3, 0.4) is 0 Å². The highest BCUT2D eigenvalue weighted by molar-refractivity contribution is 7.85. The number of aryl methyl sites for hydroxylation is 1. The van der Waals surface area contributed by atoms with Crippen LogP contribution in [0.4, 0.5) is 5.69 Å². The van der Waals surface area contributed by atoms with E-state index in [2.05, 4.69) is 10.2 Å². The van der Waals surface area contributed by atoms with Gasteiger partial charge >= 0.3 is 5.97 Å². The predicted molar refractivity (Wildman–Crippen MR) is 94.3 cm³/mol. The molecule has 3 rings (SSSR count). The van der Waals surface area contributed by atoms with Gasteiger partial charge in [-0.3, -0.25) is 0 Å². The number of rotatable bonds is 4. The van der Waals surface area contributed by atoms with Gasteiger partial charge in [-0.25, -0.2) is 9.00 Å². The number of carbonyl (C=O) groups is 1. The van der Waals surface area contributed by atoms with Crippen molar-refractivity contribution < 1.29 is 14.1 Å². The molecule has 0 spiro atoms. The zero-order valence-electron chi connectivity index (χ0n) is 13.5. The van der Waals surface area contributed by atoms with Crippen LogP contribution in [0.2, 0.25) is 0 Å². The molecule has 1 saturated heterocycles. The number of nitrogens with zero attached hydrogens (tertiary/aromatic N) is 1. The molecule has 1 aliphatic rings. The lowest BCUT2D eigenvalue weighted by Gasteiger charge is -2.31. The van der Waals surface area contributed by atoms with Crippen LogP contribution in [-0.4, -0.2) is 41.5 Å². The predicted octanol–water partition coefficient (Wildman–Crippen LogP) is 2.27. The summed E-state index contributed by atoms with van der Waals surface area (Å²) in [5, 5.41) is 12.4. The summed E-state index contributed by atoms with van der Waals surface area (Å²) in [5.41, 5.74) is 1.92. The third-order valence-electron chi connectivity index (χ3n) is 4.14. The maximum absolute atomic E-state index is 13.1. The Morgan fingerprint density at radius 1 is 1.12 bits per heavy atom. The Morgan fingerprint density at radius 2 is 1.83 bits per heavy atom. The fraction of sp³-hybridized carbons (Fsp3) is 0.278. The molecule has 0 saturated carbocycles. The smallest absolute Gasteiger partial charge is 0.335 e. The number of nitrogens with one attached hydrogen (secondary N) is 1. The van der Waals surface area contributed by atoms with E-state index >= 15 is 0 Å². The van der Waals surface area contributed by atoms with Crippen molar-refractivity contribution in [2.24, 2.45) is 0 Å². The first-order chi connectivity index (χ1) is 11.6. The van der Waals surface area contributed by atoms with Gasteiger partial charge in [-0.1, -0.05) is 12.1 Å². The van der Waals surface area contributed by atoms with Gasteiger partial charge in [-0.2, -0.15) is 0 Å². The number of hydrogen-bond acceptors (Lipinski definition) is 4. The molecule has 1 fully saturated rings. The number of para-hydroxylation sites is 1. The number of carboxylic acid groups (broad SMARTS) is 1. The minimum absolute atomic E-state index is 0.212. The van der Waals surface area contributed by atoms with Gasteiger partial charge in [0.1, 0.15) is 0 Å². The highest BCUT2D eigenvalue weighted by Crippen LogP contribution is 2.29. The number of piperazine rings is 1. The van der Waals surface area contributed by atoms with Gasteiger partial charge in [0.05, 0.1) is 26.9 Å². The van der Waals surface area contributed by atoms with Crippen molar-refractivity contribution in [2.75, 3.05) is 31.1 Å². The summed E-state index contributed by atoms with van der Waals surface area (Å²) in [7, 11) is -1.35. The van der Waals surface area contributed by atoms with Crippen LogP contribution in [0.15, 0.2) is 52.3 Å². The molecule has 0 amide bonds. The Balaban J connectivity index is 1.97. The van der Waals surface area contributed by atoms with Crippen LogP contribution in [-0.2, 0) is 10.8 Å². The standard InChI is InChI=1S/C18H20N2O3S/c1-13-12-14(18(21)22)6-7-16(13)24(23)17-5-3-2-4-15(17)20-10-8-19-9-11-20/h2-7,12,19H,8-11H2,1H3,(H,21,22). The summed E-state index contributed by atoms with van der Waals surface area (Å²) < 4.78 is 13.1. The van der Waals surface area contributed by atoms with Gasteiger partial charge in [-0.05, 0) is 42.8 Å². The Morgan fingerprint density at radius 3 is 2.50 bits per heavy atom. The molecule has 126 valence electrons. The highest BCUT2D eigenvalue weighted by atomic mass is 32.2. The average Bonchev–Trinajstić information content (AvgIpc) is 2.61. The molecular formula is C18H20N2O3S. The molecule has 5 nitrogen and oxygen atoms in total. The molecule has 2 aromatic rings. The monoisotopic (exact) mass is 344 g/mol. The largest absolute Gasteiger partial charge is 0.478 e. The lowest BCUT2D eigenvalue weighted by Crippen LogP contribution is -2.43. The Bertz CT molecular complexity index is 786. The Hall–Kier alpha value is -2.18. The van der Waals surface area contributed by atoms with Crippen LogP contribution in [0, 0.1) is 6.92 Å². The van der Waals surface area contributed by atoms with Crippen molar-refractivity contribution in [3.8, 4) is 0 Å². The molecule has 2 N–H and O–H groups in total. The van der Waals surface area contributed by atoms with Crippen molar-refractivity contribution in [1.82, 2.24) is 5.32 Å². The zero-order chi connectivity index (χ0) is 17.1. The van der Waals surface area contributed by atoms with E-state index in [0.29, 0.717) is 4.90 Å². The van der Waals surface area contributed by atoms with Crippen LogP contribution in [0.25, 0.3) is 0 Å². The molecule has 0 aromatic heterocycles. The number of benzene rings is 2. The molecule has 1 heterocycles. The van der Waals surface area contributed by atoms with E-state index in [1.807, 2.05) is 24.3 Å². The lowest BCUT2D eigenvalue weighted by atomic mass is 10.1. The molecule has 0 bridgehead atoms. The van der Waals surface area contributed by atoms with Gasteiger partial charge in [0, 0.05) is 31.1 Å². The third-order valence-corrected chi connectivity index (χ3v) is 5.75. The third kappa shape index (κ3) is 3.34. The highest BCUT2D eigenvalue weighted by Gasteiger charge is 2.19. The lowest BCUT2D eigenvalue weighted by molar-refractivity contribution is 0.0696. The minimum Gasteiger partial charge on any atom is -0.478 e. The van der Waals surface area contributed by atoms with Crippen molar-refractivity contribution in [3.63, 3.8) is 0 Å². The molecule has 1 atom stereocenters. The van der Waals surface area contributed by atoms with E-state index in [1.165, 1.54) is 6.07 Å². The topological polar surface area (TPSA) is 69.6 Å². The van der Waals surface area contributed by atoms with E-state index in [1.54, 1.807) is 19.1 Å². The maximum atomic E-state index is 13.1. The van der Waals surface area contributed by atoms with E-state index < -0.39 is 16.8 Å². The fourth-order valence-electron chi connectivity index (χ4n) is 2.89. The maximum Gasteiger partial charge on any atom is 0.335 e. The average molecular weight is 344 g/mol. The number of carboxylic acids is 1. The first-order valence-electron chi connectivity index (χ1n) is 7.88. The number of hydrogen-bond donors (Lipinski definition) is 2. The van der Waals surface area contributed by atoms with Crippen LogP contribution in [0.1, 0.15) is 15.9 Å². The van der Waals surface area contributed by atoms with Crippen LogP contribution < -0.4 is 10.2 Å². The van der Waals surface area contributed by atoms with Crippen LogP contribution in [0.5, 0.6) is 0 Å². The van der Waals surface area contributed by atoms with Gasteiger partial charge in [-0.15, -0.1) is 0 Å². The van der Waals surface area contributed by atoms with Gasteiger partial charge in [0.2, 0.25) is 0 Å². The summed E-state index contributed by atoms with van der Waals surface area (Å²) in [6.07, 6.45) is 0. The van der Waals surface area contributed by atoms with Crippen molar-refractivity contribution in [1.29, 1.82) is 0 Å². The van der Waals surface area contributed by atoms with Gasteiger partial charge in [0.15, 0.2) is 0 Å². The Labute approximate surface area is 143 Å². The summed E-state index contributed by atoms with van der Waals surface area (Å²) in [6, 6.07) is 12.5. The van der Waals surface area contributed by atoms with Crippen LogP contribution >= 0.6 is 0 Å². The molecule has 24 heavy (non-hydrogen) atoms. The SMILES string of the molecule is Cc1cc(C(=O)O)ccc1S(=O)c1ccccc1N1CCNCC1. The van der Waals surface area contributed by atoms with E-state index in [-0.39, 0.29) is 5.56 Å². The van der Waals surface area contributed by atoms with Crippen molar-refractivity contribution in [3.05, 3.63) is 53.6 Å². The first-order valence-corrected chi connectivity index (χ1v) is 9.03. The summed E-state index contributed by atoms with van der Waals surface area (Å²) in [4.78, 5) is 14.7. The molecule has 2 aromatic carbocycles. The minimum atomic E-state index is -1.35. The normalized spacial score (nSPS) is 16.0. The second-order valence-electron chi connectivity index (χ2n) is 5.76. The molecular weight excluding hydrogens is 324 g/mol. The van der Waals surface area contributed by atoms with Crippen molar-refractivity contribution in [2.45, 2.75) is 16.7 Å². The first kappa shape index (κ1) is 16.7. The molecule has 1 unspecified atom stereocenters. The second-order valence-corrected chi connectivity index (χ2v) is 7.18. The second kappa shape index (κ2) is 7.15. The van der Waals surface area contributed by atoms with Gasteiger partial charge in [0.25, 0.3) is 0 Å². The van der Waals surface area contributed by atoms with Gasteiger partial charge < -0.3 is 15.3 Å². The van der Waals surface area contributed by atoms with E-state index in [0.717, 1.165) is 42.3 Å². The molecule has 6 heteroatoms. The number of anilines is 1. The molecule has 1 aliphatic heterocycles. The summed E-state index contributed by atoms with van der Waals surface area (Å²) >= 11 is 0. The van der Waals surface area contributed by atoms with E-state index in [9.17, 15) is 9.00 Å². The summed E-state index contributed by atoms with van der Waals surface area (Å²) in [6.45, 7) is 5.38. The molecule has 0 aliphatic carbocycles. The molecule has 0 radical (unpaired) electrons. The zero-order valence-corrected chi connectivity index (χ0v) is 14.3. The Kier molecular flexibility index (Phi) is 4.97. The van der Waals surface area contributed by atoms with E-state index in [4.69, 9.17) is 5.11 Å².